The van der Waals surface area contributed by atoms with Gasteiger partial charge in [0, 0.05) is 6.04 Å². The molecule has 0 radical (unpaired) electrons. The van der Waals surface area contributed by atoms with E-state index in [2.05, 4.69) is 19.2 Å². The highest BCUT2D eigenvalue weighted by atomic mass is 35.5. The Morgan fingerprint density at radius 1 is 1.33 bits per heavy atom. The molecule has 1 N–H and O–H groups in total. The third-order valence-corrected chi connectivity index (χ3v) is 2.16. The molecule has 56 valence electrons. The standard InChI is InChI=1S/C7H15N.ClH/c1-6-4-3-5-8-7(6)2;/h6-8H,3-5H2,1-2H3;1H. The van der Waals surface area contributed by atoms with Gasteiger partial charge < -0.3 is 5.32 Å². The van der Waals surface area contributed by atoms with Crippen molar-refractivity contribution in [1.82, 2.24) is 5.32 Å². The van der Waals surface area contributed by atoms with Crippen LogP contribution in [0.5, 0.6) is 0 Å². The molecule has 2 heteroatoms. The molecule has 0 aromatic carbocycles. The number of hydrogen-bond acceptors (Lipinski definition) is 1. The summed E-state index contributed by atoms with van der Waals surface area (Å²) in [6.45, 7) is 5.81. The Balaban J connectivity index is 0.000000640. The largest absolute Gasteiger partial charge is 0.314 e. The SMILES string of the molecule is CC1CCCNC1C.Cl. The monoisotopic (exact) mass is 149 g/mol. The van der Waals surface area contributed by atoms with Crippen LogP contribution in [0, 0.1) is 5.92 Å². The zero-order chi connectivity index (χ0) is 5.98. The summed E-state index contributed by atoms with van der Waals surface area (Å²) in [7, 11) is 0. The van der Waals surface area contributed by atoms with Gasteiger partial charge in [0.1, 0.15) is 0 Å². The smallest absolute Gasteiger partial charge is 0.00643 e. The highest BCUT2D eigenvalue weighted by Crippen LogP contribution is 2.13. The molecule has 1 heterocycles. The van der Waals surface area contributed by atoms with Crippen LogP contribution in [0.25, 0.3) is 0 Å². The van der Waals surface area contributed by atoms with Gasteiger partial charge in [0.05, 0.1) is 0 Å². The van der Waals surface area contributed by atoms with Gasteiger partial charge >= 0.3 is 0 Å². The molecule has 0 aromatic heterocycles. The third-order valence-electron chi connectivity index (χ3n) is 2.16. The molecule has 1 rings (SSSR count). The zero-order valence-electron chi connectivity index (χ0n) is 6.18. The maximum absolute atomic E-state index is 3.43. The van der Waals surface area contributed by atoms with Crippen LogP contribution in [-0.2, 0) is 0 Å². The number of piperidine rings is 1. The molecule has 1 aliphatic heterocycles. The van der Waals surface area contributed by atoms with Crippen LogP contribution in [-0.4, -0.2) is 12.6 Å². The second kappa shape index (κ2) is 4.13. The van der Waals surface area contributed by atoms with Gasteiger partial charge in [-0.05, 0) is 32.2 Å². The Morgan fingerprint density at radius 2 is 2.00 bits per heavy atom. The minimum Gasteiger partial charge on any atom is -0.314 e. The van der Waals surface area contributed by atoms with Crippen LogP contribution in [0.1, 0.15) is 26.7 Å². The first-order chi connectivity index (χ1) is 3.80. The molecule has 9 heavy (non-hydrogen) atoms. The fourth-order valence-corrected chi connectivity index (χ4v) is 1.20. The molecular formula is C7H16ClN. The maximum atomic E-state index is 3.43. The highest BCUT2D eigenvalue weighted by Gasteiger charge is 2.14. The van der Waals surface area contributed by atoms with Crippen molar-refractivity contribution < 1.29 is 0 Å². The summed E-state index contributed by atoms with van der Waals surface area (Å²) in [4.78, 5) is 0. The van der Waals surface area contributed by atoms with Crippen molar-refractivity contribution >= 4 is 12.4 Å². The van der Waals surface area contributed by atoms with Crippen molar-refractivity contribution in [1.29, 1.82) is 0 Å². The molecule has 1 fully saturated rings. The average Bonchev–Trinajstić information content (AvgIpc) is 1.77. The second-order valence-corrected chi connectivity index (χ2v) is 2.86. The molecule has 0 aromatic rings. The van der Waals surface area contributed by atoms with E-state index in [1.54, 1.807) is 0 Å². The van der Waals surface area contributed by atoms with Gasteiger partial charge in [0.15, 0.2) is 0 Å². The molecule has 1 aliphatic rings. The van der Waals surface area contributed by atoms with Crippen LogP contribution in [0.2, 0.25) is 0 Å². The minimum atomic E-state index is 0. The van der Waals surface area contributed by atoms with E-state index in [1.807, 2.05) is 0 Å². The van der Waals surface area contributed by atoms with Crippen LogP contribution in [0.3, 0.4) is 0 Å². The lowest BCUT2D eigenvalue weighted by atomic mass is 9.94. The minimum absolute atomic E-state index is 0. The van der Waals surface area contributed by atoms with E-state index >= 15 is 0 Å². The molecule has 0 bridgehead atoms. The number of rotatable bonds is 0. The van der Waals surface area contributed by atoms with E-state index in [0.717, 1.165) is 12.0 Å². The summed E-state index contributed by atoms with van der Waals surface area (Å²) in [5.41, 5.74) is 0. The van der Waals surface area contributed by atoms with E-state index in [0.29, 0.717) is 0 Å². The zero-order valence-corrected chi connectivity index (χ0v) is 7.00. The maximum Gasteiger partial charge on any atom is 0.00643 e. The molecule has 0 saturated carbocycles. The Kier molecular flexibility index (Phi) is 4.24. The predicted molar refractivity (Wildman–Crippen MR) is 43.1 cm³/mol. The summed E-state index contributed by atoms with van der Waals surface area (Å²) in [5.74, 6) is 0.892. The van der Waals surface area contributed by atoms with Gasteiger partial charge in [-0.1, -0.05) is 6.92 Å². The molecule has 1 saturated heterocycles. The molecule has 0 spiro atoms. The fourth-order valence-electron chi connectivity index (χ4n) is 1.20. The Morgan fingerprint density at radius 3 is 2.33 bits per heavy atom. The van der Waals surface area contributed by atoms with Gasteiger partial charge in [-0.3, -0.25) is 0 Å². The van der Waals surface area contributed by atoms with E-state index in [1.165, 1.54) is 19.4 Å². The first kappa shape index (κ1) is 9.25. The summed E-state index contributed by atoms with van der Waals surface area (Å²) in [5, 5.41) is 3.43. The Bertz CT molecular complexity index is 65.3. The number of nitrogens with one attached hydrogen (secondary N) is 1. The summed E-state index contributed by atoms with van der Waals surface area (Å²) in [6, 6.07) is 0.753. The van der Waals surface area contributed by atoms with Gasteiger partial charge in [-0.2, -0.15) is 0 Å². The lowest BCUT2D eigenvalue weighted by molar-refractivity contribution is 0.319. The van der Waals surface area contributed by atoms with Crippen molar-refractivity contribution in [2.75, 3.05) is 6.54 Å². The lowest BCUT2D eigenvalue weighted by Gasteiger charge is -2.26. The Labute approximate surface area is 63.6 Å². The Hall–Kier alpha value is 0.250. The predicted octanol–water partition coefficient (Wildman–Crippen LogP) is 1.82. The molecule has 1 nitrogen and oxygen atoms in total. The topological polar surface area (TPSA) is 12.0 Å². The van der Waals surface area contributed by atoms with Gasteiger partial charge in [0.25, 0.3) is 0 Å². The molecule has 0 aliphatic carbocycles. The van der Waals surface area contributed by atoms with Gasteiger partial charge in [-0.25, -0.2) is 0 Å². The van der Waals surface area contributed by atoms with Crippen molar-refractivity contribution in [2.45, 2.75) is 32.7 Å². The van der Waals surface area contributed by atoms with Crippen LogP contribution in [0.4, 0.5) is 0 Å². The van der Waals surface area contributed by atoms with Crippen LogP contribution < -0.4 is 5.32 Å². The second-order valence-electron chi connectivity index (χ2n) is 2.86. The molecule has 2 unspecified atom stereocenters. The molecule has 0 amide bonds. The summed E-state index contributed by atoms with van der Waals surface area (Å²) >= 11 is 0. The van der Waals surface area contributed by atoms with Crippen molar-refractivity contribution in [3.05, 3.63) is 0 Å². The summed E-state index contributed by atoms with van der Waals surface area (Å²) < 4.78 is 0. The molecule has 2 atom stereocenters. The lowest BCUT2D eigenvalue weighted by Crippen LogP contribution is -2.37. The first-order valence-electron chi connectivity index (χ1n) is 3.54. The van der Waals surface area contributed by atoms with Crippen molar-refractivity contribution in [2.24, 2.45) is 5.92 Å². The number of hydrogen-bond donors (Lipinski definition) is 1. The number of halogens is 1. The van der Waals surface area contributed by atoms with Gasteiger partial charge in [0.2, 0.25) is 0 Å². The van der Waals surface area contributed by atoms with Crippen molar-refractivity contribution in [3.8, 4) is 0 Å². The molecular weight excluding hydrogens is 134 g/mol. The van der Waals surface area contributed by atoms with Crippen LogP contribution >= 0.6 is 12.4 Å². The first-order valence-corrected chi connectivity index (χ1v) is 3.54. The van der Waals surface area contributed by atoms with E-state index in [-0.39, 0.29) is 12.4 Å². The fraction of sp³-hybridized carbons (Fsp3) is 1.00. The third kappa shape index (κ3) is 2.55. The highest BCUT2D eigenvalue weighted by molar-refractivity contribution is 5.85. The van der Waals surface area contributed by atoms with Crippen molar-refractivity contribution in [3.63, 3.8) is 0 Å². The van der Waals surface area contributed by atoms with E-state index in [9.17, 15) is 0 Å². The average molecular weight is 150 g/mol. The quantitative estimate of drug-likeness (QED) is 0.554. The van der Waals surface area contributed by atoms with Crippen LogP contribution in [0.15, 0.2) is 0 Å². The van der Waals surface area contributed by atoms with E-state index in [4.69, 9.17) is 0 Å². The normalized spacial score (nSPS) is 35.3. The summed E-state index contributed by atoms with van der Waals surface area (Å²) in [6.07, 6.45) is 2.78. The van der Waals surface area contributed by atoms with Gasteiger partial charge in [-0.15, -0.1) is 12.4 Å². The van der Waals surface area contributed by atoms with E-state index < -0.39 is 0 Å².